The third kappa shape index (κ3) is 7.53. The van der Waals surface area contributed by atoms with Gasteiger partial charge in [0, 0.05) is 12.1 Å². The van der Waals surface area contributed by atoms with Crippen LogP contribution in [0.15, 0.2) is 12.2 Å². The highest BCUT2D eigenvalue weighted by Gasteiger charge is 1.98. The predicted octanol–water partition coefficient (Wildman–Crippen LogP) is 1.07. The molecule has 0 aromatic heterocycles. The van der Waals surface area contributed by atoms with Crippen molar-refractivity contribution in [2.75, 3.05) is 20.1 Å². The van der Waals surface area contributed by atoms with Gasteiger partial charge in [0.15, 0.2) is 0 Å². The van der Waals surface area contributed by atoms with Crippen molar-refractivity contribution in [3.63, 3.8) is 0 Å². The molecule has 0 radical (unpaired) electrons. The summed E-state index contributed by atoms with van der Waals surface area (Å²) in [5.74, 6) is -0.0337. The number of hydrogen-bond acceptors (Lipinski definition) is 2. The minimum atomic E-state index is -0.0337. The van der Waals surface area contributed by atoms with Gasteiger partial charge in [-0.15, -0.1) is 0 Å². The van der Waals surface area contributed by atoms with E-state index in [0.717, 1.165) is 25.9 Å². The quantitative estimate of drug-likeness (QED) is 0.459. The minimum absolute atomic E-state index is 0.0337. The molecule has 76 valence electrons. The summed E-state index contributed by atoms with van der Waals surface area (Å²) in [5.41, 5.74) is 0.579. The van der Waals surface area contributed by atoms with Gasteiger partial charge in [-0.1, -0.05) is 13.0 Å². The van der Waals surface area contributed by atoms with Crippen molar-refractivity contribution in [2.24, 2.45) is 0 Å². The summed E-state index contributed by atoms with van der Waals surface area (Å²) in [6.45, 7) is 7.09. The number of rotatable bonds is 7. The van der Waals surface area contributed by atoms with E-state index in [1.807, 2.05) is 7.05 Å². The van der Waals surface area contributed by atoms with Crippen LogP contribution in [0.2, 0.25) is 0 Å². The van der Waals surface area contributed by atoms with Gasteiger partial charge in [0.2, 0.25) is 5.91 Å². The van der Waals surface area contributed by atoms with Gasteiger partial charge in [0.1, 0.15) is 0 Å². The maximum Gasteiger partial charge on any atom is 0.246 e. The van der Waals surface area contributed by atoms with E-state index < -0.39 is 0 Å². The Morgan fingerprint density at radius 3 is 2.38 bits per heavy atom. The molecule has 0 heterocycles. The van der Waals surface area contributed by atoms with Gasteiger partial charge in [-0.3, -0.25) is 4.79 Å². The summed E-state index contributed by atoms with van der Waals surface area (Å²) in [7, 11) is 1.95. The van der Waals surface area contributed by atoms with Crippen molar-refractivity contribution in [3.8, 4) is 0 Å². The van der Waals surface area contributed by atoms with Crippen LogP contribution in [0.1, 0.15) is 26.2 Å². The lowest BCUT2D eigenvalue weighted by Crippen LogP contribution is -2.24. The van der Waals surface area contributed by atoms with E-state index in [4.69, 9.17) is 0 Å². The van der Waals surface area contributed by atoms with Gasteiger partial charge in [0.25, 0.3) is 0 Å². The fraction of sp³-hybridized carbons (Fsp3) is 0.700. The number of carbonyl (C=O) groups is 1. The highest BCUT2D eigenvalue weighted by atomic mass is 16.1. The first kappa shape index (κ1) is 12.2. The minimum Gasteiger partial charge on any atom is -0.352 e. The van der Waals surface area contributed by atoms with Crippen molar-refractivity contribution < 1.29 is 4.79 Å². The lowest BCUT2D eigenvalue weighted by atomic mass is 10.2. The summed E-state index contributed by atoms with van der Waals surface area (Å²) in [6, 6.07) is 0. The fourth-order valence-corrected chi connectivity index (χ4v) is 0.956. The van der Waals surface area contributed by atoms with Crippen LogP contribution >= 0.6 is 0 Å². The first-order chi connectivity index (χ1) is 6.18. The zero-order valence-electron chi connectivity index (χ0n) is 8.65. The molecule has 3 nitrogen and oxygen atoms in total. The van der Waals surface area contributed by atoms with E-state index in [0.29, 0.717) is 5.57 Å². The smallest absolute Gasteiger partial charge is 0.246 e. The Morgan fingerprint density at radius 1 is 1.23 bits per heavy atom. The molecule has 0 bridgehead atoms. The predicted molar refractivity (Wildman–Crippen MR) is 55.6 cm³/mol. The second kappa shape index (κ2) is 7.80. The molecule has 2 N–H and O–H groups in total. The molecule has 0 rings (SSSR count). The first-order valence-electron chi connectivity index (χ1n) is 4.76. The summed E-state index contributed by atoms with van der Waals surface area (Å²) in [5, 5.41) is 5.88. The maximum atomic E-state index is 11.0. The molecule has 0 aliphatic rings. The molecular weight excluding hydrogens is 164 g/mol. The second-order valence-corrected chi connectivity index (χ2v) is 3.20. The number of amides is 1. The zero-order valence-corrected chi connectivity index (χ0v) is 8.65. The molecule has 0 fully saturated rings. The van der Waals surface area contributed by atoms with Gasteiger partial charge in [0.05, 0.1) is 0 Å². The molecule has 1 amide bonds. The lowest BCUT2D eigenvalue weighted by Gasteiger charge is -2.03. The standard InChI is InChI=1S/C10H20N2O/c1-9(2)10(13)12-8-6-4-5-7-11-3/h11H,1,4-8H2,2-3H3,(H,12,13). The van der Waals surface area contributed by atoms with Crippen molar-refractivity contribution >= 4 is 5.91 Å². The van der Waals surface area contributed by atoms with Crippen LogP contribution in [-0.4, -0.2) is 26.0 Å². The second-order valence-electron chi connectivity index (χ2n) is 3.20. The van der Waals surface area contributed by atoms with Crippen molar-refractivity contribution in [1.82, 2.24) is 10.6 Å². The van der Waals surface area contributed by atoms with E-state index in [2.05, 4.69) is 17.2 Å². The Hall–Kier alpha value is -0.830. The molecular formula is C10H20N2O. The molecule has 0 aromatic rings. The van der Waals surface area contributed by atoms with Gasteiger partial charge in [-0.25, -0.2) is 0 Å². The Labute approximate surface area is 80.6 Å². The van der Waals surface area contributed by atoms with Crippen molar-refractivity contribution in [2.45, 2.75) is 26.2 Å². The summed E-state index contributed by atoms with van der Waals surface area (Å²) >= 11 is 0. The van der Waals surface area contributed by atoms with E-state index in [9.17, 15) is 4.79 Å². The SMILES string of the molecule is C=C(C)C(=O)NCCCCCNC. The van der Waals surface area contributed by atoms with Crippen LogP contribution in [0.4, 0.5) is 0 Å². The van der Waals surface area contributed by atoms with Crippen LogP contribution in [0.5, 0.6) is 0 Å². The Bertz CT molecular complexity index is 166. The van der Waals surface area contributed by atoms with Gasteiger partial charge in [-0.05, 0) is 33.4 Å². The third-order valence-corrected chi connectivity index (χ3v) is 1.78. The van der Waals surface area contributed by atoms with Crippen LogP contribution in [0, 0.1) is 0 Å². The molecule has 0 saturated heterocycles. The average molecular weight is 184 g/mol. The first-order valence-corrected chi connectivity index (χ1v) is 4.76. The average Bonchev–Trinajstić information content (AvgIpc) is 2.10. The zero-order chi connectivity index (χ0) is 10.1. The molecule has 0 spiro atoms. The molecule has 3 heteroatoms. The molecule has 0 aliphatic heterocycles. The van der Waals surface area contributed by atoms with Crippen LogP contribution in [-0.2, 0) is 4.79 Å². The normalized spacial score (nSPS) is 9.69. The molecule has 0 unspecified atom stereocenters. The Morgan fingerprint density at radius 2 is 1.85 bits per heavy atom. The van der Waals surface area contributed by atoms with Gasteiger partial charge < -0.3 is 10.6 Å². The Balaban J connectivity index is 3.16. The summed E-state index contributed by atoms with van der Waals surface area (Å²) in [6.07, 6.45) is 3.36. The van der Waals surface area contributed by atoms with Gasteiger partial charge >= 0.3 is 0 Å². The monoisotopic (exact) mass is 184 g/mol. The highest BCUT2D eigenvalue weighted by Crippen LogP contribution is 1.93. The number of unbranched alkanes of at least 4 members (excludes halogenated alkanes) is 2. The highest BCUT2D eigenvalue weighted by molar-refractivity contribution is 5.91. The van der Waals surface area contributed by atoms with Crippen LogP contribution in [0.25, 0.3) is 0 Å². The lowest BCUT2D eigenvalue weighted by molar-refractivity contribution is -0.117. The van der Waals surface area contributed by atoms with E-state index >= 15 is 0 Å². The number of hydrogen-bond donors (Lipinski definition) is 2. The largest absolute Gasteiger partial charge is 0.352 e. The Kier molecular flexibility index (Phi) is 7.30. The van der Waals surface area contributed by atoms with Gasteiger partial charge in [-0.2, -0.15) is 0 Å². The molecule has 0 aliphatic carbocycles. The summed E-state index contributed by atoms with van der Waals surface area (Å²) in [4.78, 5) is 11.0. The van der Waals surface area contributed by atoms with Crippen molar-refractivity contribution in [1.29, 1.82) is 0 Å². The number of nitrogens with one attached hydrogen (secondary N) is 2. The topological polar surface area (TPSA) is 41.1 Å². The maximum absolute atomic E-state index is 11.0. The van der Waals surface area contributed by atoms with Crippen molar-refractivity contribution in [3.05, 3.63) is 12.2 Å². The molecule has 0 aromatic carbocycles. The number of carbonyl (C=O) groups excluding carboxylic acids is 1. The third-order valence-electron chi connectivity index (χ3n) is 1.78. The van der Waals surface area contributed by atoms with E-state index in [1.54, 1.807) is 6.92 Å². The molecule has 0 saturated carbocycles. The fourth-order valence-electron chi connectivity index (χ4n) is 0.956. The van der Waals surface area contributed by atoms with E-state index in [1.165, 1.54) is 6.42 Å². The molecule has 0 atom stereocenters. The van der Waals surface area contributed by atoms with Crippen LogP contribution in [0.3, 0.4) is 0 Å². The molecule has 13 heavy (non-hydrogen) atoms. The summed E-state index contributed by atoms with van der Waals surface area (Å²) < 4.78 is 0. The van der Waals surface area contributed by atoms with E-state index in [-0.39, 0.29) is 5.91 Å². The van der Waals surface area contributed by atoms with Crippen LogP contribution < -0.4 is 10.6 Å².